The second-order valence-electron chi connectivity index (χ2n) is 8.48. The molecule has 2 atom stereocenters. The maximum absolute atomic E-state index is 4.55. The van der Waals surface area contributed by atoms with Crippen LogP contribution in [0, 0.1) is 0 Å². The second kappa shape index (κ2) is 11.7. The number of aromatic nitrogens is 1. The normalized spacial score (nSPS) is 21.7. The molecule has 0 spiro atoms. The third-order valence-electron chi connectivity index (χ3n) is 6.20. The summed E-state index contributed by atoms with van der Waals surface area (Å²) in [6, 6.07) is 16.0. The van der Waals surface area contributed by atoms with E-state index in [9.17, 15) is 0 Å². The van der Waals surface area contributed by atoms with Crippen LogP contribution in [-0.2, 0) is 13.1 Å². The highest BCUT2D eigenvalue weighted by atomic mass is 127. The number of guanidine groups is 1. The lowest BCUT2D eigenvalue weighted by Crippen LogP contribution is -2.44. The highest BCUT2D eigenvalue weighted by Gasteiger charge is 2.29. The van der Waals surface area contributed by atoms with Gasteiger partial charge in [-0.05, 0) is 49.4 Å². The molecule has 0 aliphatic carbocycles. The average Bonchev–Trinajstić information content (AvgIpc) is 3.42. The quantitative estimate of drug-likeness (QED) is 0.337. The monoisotopic (exact) mass is 534 g/mol. The van der Waals surface area contributed by atoms with Crippen LogP contribution < -0.4 is 15.5 Å². The van der Waals surface area contributed by atoms with Crippen molar-refractivity contribution < 1.29 is 0 Å². The molecule has 2 unspecified atom stereocenters. The zero-order valence-corrected chi connectivity index (χ0v) is 21.0. The molecule has 2 N–H and O–H groups in total. The van der Waals surface area contributed by atoms with Crippen molar-refractivity contribution >= 4 is 35.8 Å². The molecule has 1 aromatic heterocycles. The smallest absolute Gasteiger partial charge is 0.191 e. The van der Waals surface area contributed by atoms with Gasteiger partial charge in [0.1, 0.15) is 5.82 Å². The number of anilines is 1. The summed E-state index contributed by atoms with van der Waals surface area (Å²) in [5.41, 5.74) is 2.61. The van der Waals surface area contributed by atoms with Crippen LogP contribution in [0.15, 0.2) is 53.7 Å². The zero-order chi connectivity index (χ0) is 20.8. The molecule has 3 heterocycles. The number of nitrogens with zero attached hydrogens (tertiary/aromatic N) is 4. The molecular weight excluding hydrogens is 499 g/mol. The molecule has 2 aromatic rings. The van der Waals surface area contributed by atoms with E-state index in [0.717, 1.165) is 50.9 Å². The highest BCUT2D eigenvalue weighted by molar-refractivity contribution is 14.0. The highest BCUT2D eigenvalue weighted by Crippen LogP contribution is 2.21. The first kappa shape index (κ1) is 23.8. The Labute approximate surface area is 203 Å². The van der Waals surface area contributed by atoms with Crippen LogP contribution in [0.5, 0.6) is 0 Å². The Morgan fingerprint density at radius 1 is 1.13 bits per heavy atom. The first-order chi connectivity index (χ1) is 14.7. The van der Waals surface area contributed by atoms with Crippen molar-refractivity contribution in [1.29, 1.82) is 0 Å². The summed E-state index contributed by atoms with van der Waals surface area (Å²) < 4.78 is 0. The van der Waals surface area contributed by atoms with Crippen molar-refractivity contribution in [1.82, 2.24) is 20.5 Å². The van der Waals surface area contributed by atoms with Gasteiger partial charge in [-0.2, -0.15) is 0 Å². The molecule has 7 heteroatoms. The van der Waals surface area contributed by atoms with Crippen LogP contribution in [0.4, 0.5) is 5.82 Å². The van der Waals surface area contributed by atoms with E-state index in [4.69, 9.17) is 0 Å². The molecule has 0 amide bonds. The minimum Gasteiger partial charge on any atom is -0.357 e. The number of aliphatic imine (C=N–C) groups is 1. The minimum atomic E-state index is 0. The van der Waals surface area contributed by atoms with Crippen molar-refractivity contribution in [3.8, 4) is 0 Å². The number of hydrogen-bond acceptors (Lipinski definition) is 4. The molecule has 0 bridgehead atoms. The van der Waals surface area contributed by atoms with Crippen molar-refractivity contribution in [3.63, 3.8) is 0 Å². The Morgan fingerprint density at radius 2 is 1.90 bits per heavy atom. The molecule has 2 aliphatic heterocycles. The van der Waals surface area contributed by atoms with Gasteiger partial charge in [-0.15, -0.1) is 24.0 Å². The summed E-state index contributed by atoms with van der Waals surface area (Å²) in [5.74, 6) is 1.96. The number of benzene rings is 1. The molecule has 168 valence electrons. The largest absolute Gasteiger partial charge is 0.357 e. The van der Waals surface area contributed by atoms with Crippen LogP contribution in [0.2, 0.25) is 0 Å². The molecule has 2 aliphatic rings. The van der Waals surface area contributed by atoms with Gasteiger partial charge in [0, 0.05) is 58.1 Å². The van der Waals surface area contributed by atoms with Gasteiger partial charge in [0.05, 0.1) is 0 Å². The Balaban J connectivity index is 0.00000272. The number of likely N-dealkylation sites (tertiary alicyclic amines) is 1. The summed E-state index contributed by atoms with van der Waals surface area (Å²) in [6.45, 7) is 7.34. The van der Waals surface area contributed by atoms with Crippen LogP contribution in [0.1, 0.15) is 37.3 Å². The number of pyridine rings is 1. The number of nitrogens with one attached hydrogen (secondary N) is 2. The number of hydrogen-bond donors (Lipinski definition) is 2. The van der Waals surface area contributed by atoms with E-state index in [1.165, 1.54) is 24.0 Å². The minimum absolute atomic E-state index is 0. The fourth-order valence-electron chi connectivity index (χ4n) is 4.50. The SMILES string of the molecule is CN=C(NCc1ccnc(N2CCCC2)c1)NC1CC(C)N(Cc2ccccc2)C1.I. The molecule has 31 heavy (non-hydrogen) atoms. The van der Waals surface area contributed by atoms with Crippen molar-refractivity contribution in [2.45, 2.75) is 51.4 Å². The fourth-order valence-corrected chi connectivity index (χ4v) is 4.50. The first-order valence-electron chi connectivity index (χ1n) is 11.2. The van der Waals surface area contributed by atoms with Gasteiger partial charge < -0.3 is 15.5 Å². The second-order valence-corrected chi connectivity index (χ2v) is 8.48. The molecule has 0 saturated carbocycles. The van der Waals surface area contributed by atoms with E-state index in [0.29, 0.717) is 12.1 Å². The van der Waals surface area contributed by atoms with Crippen molar-refractivity contribution in [2.75, 3.05) is 31.6 Å². The van der Waals surface area contributed by atoms with Gasteiger partial charge in [0.15, 0.2) is 5.96 Å². The lowest BCUT2D eigenvalue weighted by molar-refractivity contribution is 0.258. The van der Waals surface area contributed by atoms with Gasteiger partial charge in [0.2, 0.25) is 0 Å². The standard InChI is InChI=1S/C24H34N6.HI/c1-19-14-22(18-30(19)17-20-8-4-3-5-9-20)28-24(25-2)27-16-21-10-11-26-23(15-21)29-12-6-7-13-29;/h3-5,8-11,15,19,22H,6-7,12-14,16-18H2,1-2H3,(H2,25,27,28);1H. The fraction of sp³-hybridized carbons (Fsp3) is 0.500. The predicted octanol–water partition coefficient (Wildman–Crippen LogP) is 3.63. The molecule has 2 saturated heterocycles. The number of halogens is 1. The predicted molar refractivity (Wildman–Crippen MR) is 139 cm³/mol. The third-order valence-corrected chi connectivity index (χ3v) is 6.20. The molecule has 1 aromatic carbocycles. The van der Waals surface area contributed by atoms with Crippen LogP contribution in [-0.4, -0.2) is 54.6 Å². The molecule has 6 nitrogen and oxygen atoms in total. The van der Waals surface area contributed by atoms with Gasteiger partial charge in [0.25, 0.3) is 0 Å². The molecular formula is C24H35IN6. The third kappa shape index (κ3) is 6.55. The van der Waals surface area contributed by atoms with E-state index in [2.05, 4.69) is 79.8 Å². The van der Waals surface area contributed by atoms with Crippen molar-refractivity contribution in [2.24, 2.45) is 4.99 Å². The van der Waals surface area contributed by atoms with Crippen LogP contribution in [0.3, 0.4) is 0 Å². The Hall–Kier alpha value is -1.87. The maximum Gasteiger partial charge on any atom is 0.191 e. The van der Waals surface area contributed by atoms with E-state index in [1.807, 2.05) is 13.2 Å². The van der Waals surface area contributed by atoms with E-state index >= 15 is 0 Å². The van der Waals surface area contributed by atoms with E-state index in [1.54, 1.807) is 0 Å². The Bertz CT molecular complexity index is 837. The average molecular weight is 534 g/mol. The Kier molecular flexibility index (Phi) is 8.95. The lowest BCUT2D eigenvalue weighted by Gasteiger charge is -2.21. The van der Waals surface area contributed by atoms with Crippen molar-refractivity contribution in [3.05, 3.63) is 59.8 Å². The molecule has 4 rings (SSSR count). The zero-order valence-electron chi connectivity index (χ0n) is 18.6. The summed E-state index contributed by atoms with van der Waals surface area (Å²) >= 11 is 0. The lowest BCUT2D eigenvalue weighted by atomic mass is 10.2. The summed E-state index contributed by atoms with van der Waals surface area (Å²) in [5, 5.41) is 7.11. The topological polar surface area (TPSA) is 55.8 Å². The van der Waals surface area contributed by atoms with Crippen LogP contribution in [0.25, 0.3) is 0 Å². The van der Waals surface area contributed by atoms with Gasteiger partial charge in [-0.3, -0.25) is 9.89 Å². The summed E-state index contributed by atoms with van der Waals surface area (Å²) in [6.07, 6.45) is 5.58. The first-order valence-corrected chi connectivity index (χ1v) is 11.2. The van der Waals surface area contributed by atoms with Gasteiger partial charge >= 0.3 is 0 Å². The molecule has 0 radical (unpaired) electrons. The van der Waals surface area contributed by atoms with Crippen LogP contribution >= 0.6 is 24.0 Å². The van der Waals surface area contributed by atoms with Gasteiger partial charge in [-0.1, -0.05) is 30.3 Å². The summed E-state index contributed by atoms with van der Waals surface area (Å²) in [4.78, 5) is 13.9. The van der Waals surface area contributed by atoms with Gasteiger partial charge in [-0.25, -0.2) is 4.98 Å². The Morgan fingerprint density at radius 3 is 2.65 bits per heavy atom. The number of rotatable bonds is 6. The van der Waals surface area contributed by atoms with E-state index < -0.39 is 0 Å². The molecule has 2 fully saturated rings. The van der Waals surface area contributed by atoms with E-state index in [-0.39, 0.29) is 24.0 Å². The maximum atomic E-state index is 4.55. The summed E-state index contributed by atoms with van der Waals surface area (Å²) in [7, 11) is 1.84.